The first-order chi connectivity index (χ1) is 13.9. The van der Waals surface area contributed by atoms with Gasteiger partial charge < -0.3 is 19.3 Å². The minimum atomic E-state index is -4.44. The molecule has 1 N–H and O–H groups in total. The van der Waals surface area contributed by atoms with Gasteiger partial charge in [-0.3, -0.25) is 0 Å². The molecule has 0 aliphatic carbocycles. The average Bonchev–Trinajstić information content (AvgIpc) is 3.06. The standard InChI is InChI=1S/C22H15F3O4/c23-21(24,25)12-27-15-6-8-18-20(10-15)29-19-9-14(26)5-7-17(19)22(18)16-4-2-1-3-13(16)11-28-22/h1-10,26H,11-12H2. The highest BCUT2D eigenvalue weighted by Gasteiger charge is 2.49. The quantitative estimate of drug-likeness (QED) is 0.637. The van der Waals surface area contributed by atoms with Crippen molar-refractivity contribution in [3.8, 4) is 23.0 Å². The smallest absolute Gasteiger partial charge is 0.422 e. The highest BCUT2D eigenvalue weighted by molar-refractivity contribution is 5.65. The number of benzene rings is 3. The molecule has 0 saturated heterocycles. The summed E-state index contributed by atoms with van der Waals surface area (Å²) in [5.41, 5.74) is 2.35. The minimum Gasteiger partial charge on any atom is -0.508 e. The third-order valence-corrected chi connectivity index (χ3v) is 5.14. The first-order valence-electron chi connectivity index (χ1n) is 8.94. The first-order valence-corrected chi connectivity index (χ1v) is 8.94. The summed E-state index contributed by atoms with van der Waals surface area (Å²) in [6.07, 6.45) is -4.44. The lowest BCUT2D eigenvalue weighted by Gasteiger charge is -2.37. The molecule has 3 aromatic carbocycles. The van der Waals surface area contributed by atoms with Gasteiger partial charge in [0.1, 0.15) is 23.0 Å². The monoisotopic (exact) mass is 400 g/mol. The summed E-state index contributed by atoms with van der Waals surface area (Å²) < 4.78 is 54.7. The van der Waals surface area contributed by atoms with Crippen molar-refractivity contribution in [3.05, 3.63) is 82.9 Å². The van der Waals surface area contributed by atoms with E-state index in [4.69, 9.17) is 14.2 Å². The molecule has 29 heavy (non-hydrogen) atoms. The molecule has 0 radical (unpaired) electrons. The maximum atomic E-state index is 12.5. The summed E-state index contributed by atoms with van der Waals surface area (Å²) in [5.74, 6) is 0.742. The molecule has 0 aromatic heterocycles. The van der Waals surface area contributed by atoms with E-state index in [2.05, 4.69) is 0 Å². The number of aromatic hydroxyl groups is 1. The van der Waals surface area contributed by atoms with E-state index >= 15 is 0 Å². The maximum absolute atomic E-state index is 12.5. The molecule has 1 spiro atoms. The molecule has 7 heteroatoms. The third-order valence-electron chi connectivity index (χ3n) is 5.14. The summed E-state index contributed by atoms with van der Waals surface area (Å²) in [6.45, 7) is -1.02. The number of rotatable bonds is 2. The molecule has 5 rings (SSSR count). The van der Waals surface area contributed by atoms with Crippen LogP contribution in [0.5, 0.6) is 23.0 Å². The van der Waals surface area contributed by atoms with Crippen LogP contribution in [0.3, 0.4) is 0 Å². The number of hydrogen-bond acceptors (Lipinski definition) is 4. The van der Waals surface area contributed by atoms with Crippen molar-refractivity contribution < 1.29 is 32.5 Å². The van der Waals surface area contributed by atoms with E-state index in [1.54, 1.807) is 18.2 Å². The number of alkyl halides is 3. The molecule has 0 fully saturated rings. The van der Waals surface area contributed by atoms with Crippen molar-refractivity contribution in [2.45, 2.75) is 18.4 Å². The molecule has 0 bridgehead atoms. The van der Waals surface area contributed by atoms with E-state index in [0.717, 1.165) is 16.7 Å². The molecule has 1 atom stereocenters. The summed E-state index contributed by atoms with van der Waals surface area (Å²) in [4.78, 5) is 0. The Morgan fingerprint density at radius 1 is 0.931 bits per heavy atom. The zero-order valence-corrected chi connectivity index (χ0v) is 15.0. The minimum absolute atomic E-state index is 0.0121. The fourth-order valence-electron chi connectivity index (χ4n) is 3.98. The molecule has 2 aliphatic rings. The summed E-state index contributed by atoms with van der Waals surface area (Å²) in [5, 5.41) is 9.92. The van der Waals surface area contributed by atoms with E-state index in [1.807, 2.05) is 24.3 Å². The Morgan fingerprint density at radius 3 is 2.45 bits per heavy atom. The predicted octanol–water partition coefficient (Wildman–Crippen LogP) is 5.26. The molecule has 2 heterocycles. The Hall–Kier alpha value is -3.19. The Bertz CT molecular complexity index is 1110. The van der Waals surface area contributed by atoms with E-state index in [0.29, 0.717) is 23.7 Å². The number of phenols is 1. The number of hydrogen-bond donors (Lipinski definition) is 1. The van der Waals surface area contributed by atoms with Crippen LogP contribution in [0, 0.1) is 0 Å². The van der Waals surface area contributed by atoms with Crippen LogP contribution in [0.1, 0.15) is 22.3 Å². The van der Waals surface area contributed by atoms with Crippen LogP contribution in [0.15, 0.2) is 60.7 Å². The number of ether oxygens (including phenoxy) is 3. The lowest BCUT2D eigenvalue weighted by Crippen LogP contribution is -2.32. The van der Waals surface area contributed by atoms with Gasteiger partial charge in [-0.2, -0.15) is 13.2 Å². The molecule has 2 aliphatic heterocycles. The molecule has 0 amide bonds. The van der Waals surface area contributed by atoms with Crippen LogP contribution in [0.25, 0.3) is 0 Å². The fourth-order valence-corrected chi connectivity index (χ4v) is 3.98. The van der Waals surface area contributed by atoms with Crippen LogP contribution in [-0.2, 0) is 16.9 Å². The molecule has 3 aromatic rings. The third kappa shape index (κ3) is 2.81. The van der Waals surface area contributed by atoms with E-state index in [9.17, 15) is 18.3 Å². The zero-order chi connectivity index (χ0) is 20.2. The molecule has 1 unspecified atom stereocenters. The van der Waals surface area contributed by atoms with Gasteiger partial charge in [0.05, 0.1) is 6.61 Å². The van der Waals surface area contributed by atoms with Crippen molar-refractivity contribution in [1.82, 2.24) is 0 Å². The normalized spacial score (nSPS) is 19.3. The zero-order valence-electron chi connectivity index (χ0n) is 15.0. The van der Waals surface area contributed by atoms with Crippen molar-refractivity contribution in [1.29, 1.82) is 0 Å². The summed E-state index contributed by atoms with van der Waals surface area (Å²) in [6, 6.07) is 17.1. The van der Waals surface area contributed by atoms with Crippen LogP contribution in [0.4, 0.5) is 13.2 Å². The van der Waals surface area contributed by atoms with Gasteiger partial charge in [0.2, 0.25) is 0 Å². The molecule has 148 valence electrons. The second-order valence-electron chi connectivity index (χ2n) is 6.97. The first kappa shape index (κ1) is 17.9. The molecular formula is C22H15F3O4. The highest BCUT2D eigenvalue weighted by Crippen LogP contribution is 2.56. The molecular weight excluding hydrogens is 385 g/mol. The van der Waals surface area contributed by atoms with E-state index in [1.165, 1.54) is 18.2 Å². The van der Waals surface area contributed by atoms with E-state index in [-0.39, 0.29) is 11.5 Å². The van der Waals surface area contributed by atoms with Crippen LogP contribution >= 0.6 is 0 Å². The second kappa shape index (κ2) is 6.15. The van der Waals surface area contributed by atoms with Gasteiger partial charge in [-0.1, -0.05) is 24.3 Å². The topological polar surface area (TPSA) is 47.9 Å². The lowest BCUT2D eigenvalue weighted by atomic mass is 9.77. The Kier molecular flexibility index (Phi) is 3.79. The SMILES string of the molecule is Oc1ccc2c(c1)Oc1cc(OCC(F)(F)F)ccc1C21OCc2ccccc21. The number of fused-ring (bicyclic) bond motifs is 6. The van der Waals surface area contributed by atoms with E-state index < -0.39 is 18.4 Å². The van der Waals surface area contributed by atoms with Gasteiger partial charge in [-0.05, 0) is 35.4 Å². The van der Waals surface area contributed by atoms with Gasteiger partial charge in [0.25, 0.3) is 0 Å². The molecule has 4 nitrogen and oxygen atoms in total. The van der Waals surface area contributed by atoms with Crippen molar-refractivity contribution >= 4 is 0 Å². The number of phenolic OH excluding ortho intramolecular Hbond substituents is 1. The average molecular weight is 400 g/mol. The van der Waals surface area contributed by atoms with Crippen LogP contribution < -0.4 is 9.47 Å². The van der Waals surface area contributed by atoms with Gasteiger partial charge in [0, 0.05) is 23.3 Å². The van der Waals surface area contributed by atoms with Crippen molar-refractivity contribution in [2.24, 2.45) is 0 Å². The fraction of sp³-hybridized carbons (Fsp3) is 0.182. The van der Waals surface area contributed by atoms with Gasteiger partial charge in [-0.15, -0.1) is 0 Å². The van der Waals surface area contributed by atoms with Gasteiger partial charge in [0.15, 0.2) is 12.2 Å². The largest absolute Gasteiger partial charge is 0.508 e. The van der Waals surface area contributed by atoms with Gasteiger partial charge >= 0.3 is 6.18 Å². The Morgan fingerprint density at radius 2 is 1.66 bits per heavy atom. The summed E-state index contributed by atoms with van der Waals surface area (Å²) in [7, 11) is 0. The Labute approximate surface area is 164 Å². The van der Waals surface area contributed by atoms with Crippen molar-refractivity contribution in [3.63, 3.8) is 0 Å². The maximum Gasteiger partial charge on any atom is 0.422 e. The predicted molar refractivity (Wildman–Crippen MR) is 97.3 cm³/mol. The molecule has 0 saturated carbocycles. The lowest BCUT2D eigenvalue weighted by molar-refractivity contribution is -0.153. The van der Waals surface area contributed by atoms with Gasteiger partial charge in [-0.25, -0.2) is 0 Å². The second-order valence-corrected chi connectivity index (χ2v) is 6.97. The van der Waals surface area contributed by atoms with Crippen LogP contribution in [-0.4, -0.2) is 17.9 Å². The highest BCUT2D eigenvalue weighted by atomic mass is 19.4. The Balaban J connectivity index is 1.68. The van der Waals surface area contributed by atoms with Crippen molar-refractivity contribution in [2.75, 3.05) is 6.61 Å². The number of halogens is 3. The van der Waals surface area contributed by atoms with Crippen LogP contribution in [0.2, 0.25) is 0 Å². The summed E-state index contributed by atoms with van der Waals surface area (Å²) >= 11 is 0.